The van der Waals surface area contributed by atoms with E-state index in [9.17, 15) is 8.42 Å². The van der Waals surface area contributed by atoms with Gasteiger partial charge in [0.05, 0.1) is 6.04 Å². The zero-order valence-corrected chi connectivity index (χ0v) is 10.7. The van der Waals surface area contributed by atoms with Crippen LogP contribution in [0.25, 0.3) is 4.91 Å². The summed E-state index contributed by atoms with van der Waals surface area (Å²) < 4.78 is 25.9. The van der Waals surface area contributed by atoms with Gasteiger partial charge in [-0.05, 0) is 12.0 Å². The van der Waals surface area contributed by atoms with Gasteiger partial charge in [0.25, 0.3) is 0 Å². The zero-order chi connectivity index (χ0) is 12.6. The van der Waals surface area contributed by atoms with Crippen LogP contribution in [0.5, 0.6) is 0 Å². The molecule has 5 heteroatoms. The van der Waals surface area contributed by atoms with E-state index in [4.69, 9.17) is 5.73 Å². The Bertz CT molecular complexity index is 549. The second kappa shape index (κ2) is 4.16. The third kappa shape index (κ3) is 1.75. The molecule has 0 amide bonds. The van der Waals surface area contributed by atoms with Gasteiger partial charge in [0, 0.05) is 12.7 Å². The number of benzene rings is 1. The van der Waals surface area contributed by atoms with Gasteiger partial charge in [0.2, 0.25) is 10.0 Å². The Morgan fingerprint density at radius 2 is 1.88 bits per heavy atom. The van der Waals surface area contributed by atoms with Crippen molar-refractivity contribution in [3.8, 4) is 0 Å². The van der Waals surface area contributed by atoms with Gasteiger partial charge in [-0.3, -0.25) is 0 Å². The molecule has 0 saturated carbocycles. The highest BCUT2D eigenvalue weighted by molar-refractivity contribution is 7.98. The van der Waals surface area contributed by atoms with Crippen molar-refractivity contribution in [2.24, 2.45) is 5.73 Å². The second-order valence-electron chi connectivity index (χ2n) is 4.10. The minimum Gasteiger partial charge on any atom is -0.400 e. The topological polar surface area (TPSA) is 63.4 Å². The van der Waals surface area contributed by atoms with E-state index in [1.54, 1.807) is 19.2 Å². The lowest BCUT2D eigenvalue weighted by Crippen LogP contribution is -2.32. The Labute approximate surface area is 102 Å². The number of sulfonamides is 1. The molecule has 92 valence electrons. The average Bonchev–Trinajstić information content (AvgIpc) is 2.47. The maximum Gasteiger partial charge on any atom is 0.245 e. The van der Waals surface area contributed by atoms with E-state index in [0.29, 0.717) is 17.7 Å². The SMILES string of the molecule is CCC1C(N)=C(c2ccccc2)S(=O)(=O)N1C. The zero-order valence-electron chi connectivity index (χ0n) is 9.92. The lowest BCUT2D eigenvalue weighted by Gasteiger charge is -2.17. The van der Waals surface area contributed by atoms with Crippen molar-refractivity contribution in [3.05, 3.63) is 41.6 Å². The highest BCUT2D eigenvalue weighted by Gasteiger charge is 2.40. The van der Waals surface area contributed by atoms with Crippen LogP contribution in [-0.2, 0) is 10.0 Å². The van der Waals surface area contributed by atoms with Crippen LogP contribution in [0.3, 0.4) is 0 Å². The Morgan fingerprint density at radius 3 is 2.35 bits per heavy atom. The second-order valence-corrected chi connectivity index (χ2v) is 6.03. The summed E-state index contributed by atoms with van der Waals surface area (Å²) in [6.07, 6.45) is 0.678. The number of nitrogens with two attached hydrogens (primary N) is 1. The molecule has 0 fully saturated rings. The molecule has 1 heterocycles. The highest BCUT2D eigenvalue weighted by atomic mass is 32.2. The van der Waals surface area contributed by atoms with Gasteiger partial charge < -0.3 is 5.73 Å². The third-order valence-corrected chi connectivity index (χ3v) is 5.12. The quantitative estimate of drug-likeness (QED) is 0.864. The Balaban J connectivity index is 2.63. The predicted octanol–water partition coefficient (Wildman–Crippen LogP) is 1.37. The van der Waals surface area contributed by atoms with Crippen LogP contribution in [0.2, 0.25) is 0 Å². The molecule has 0 aliphatic carbocycles. The van der Waals surface area contributed by atoms with Crippen LogP contribution in [0.1, 0.15) is 18.9 Å². The van der Waals surface area contributed by atoms with Crippen LogP contribution in [0.4, 0.5) is 0 Å². The van der Waals surface area contributed by atoms with Crippen molar-refractivity contribution >= 4 is 14.9 Å². The van der Waals surface area contributed by atoms with Gasteiger partial charge in [0.15, 0.2) is 0 Å². The van der Waals surface area contributed by atoms with E-state index < -0.39 is 10.0 Å². The number of hydrogen-bond donors (Lipinski definition) is 1. The summed E-state index contributed by atoms with van der Waals surface area (Å²) >= 11 is 0. The van der Waals surface area contributed by atoms with Crippen molar-refractivity contribution in [1.29, 1.82) is 0 Å². The van der Waals surface area contributed by atoms with Crippen LogP contribution in [0, 0.1) is 0 Å². The van der Waals surface area contributed by atoms with Crippen molar-refractivity contribution in [3.63, 3.8) is 0 Å². The Morgan fingerprint density at radius 1 is 1.29 bits per heavy atom. The molecular formula is C12H16N2O2S. The van der Waals surface area contributed by atoms with Gasteiger partial charge in [-0.25, -0.2) is 8.42 Å². The summed E-state index contributed by atoms with van der Waals surface area (Å²) in [7, 11) is -1.87. The van der Waals surface area contributed by atoms with E-state index in [2.05, 4.69) is 0 Å². The standard InChI is InChI=1S/C12H16N2O2S/c1-3-10-11(13)12(17(15,16)14(10)2)9-7-5-4-6-8-9/h4-8,10H,3,13H2,1-2H3. The number of likely N-dealkylation sites (N-methyl/N-ethyl adjacent to an activating group) is 1. The molecule has 1 aromatic carbocycles. The predicted molar refractivity (Wildman–Crippen MR) is 68.3 cm³/mol. The maximum atomic E-state index is 12.3. The normalized spacial score (nSPS) is 24.2. The first-order valence-corrected chi connectivity index (χ1v) is 6.97. The molecule has 1 unspecified atom stereocenters. The van der Waals surface area contributed by atoms with Crippen LogP contribution in [-0.4, -0.2) is 25.8 Å². The molecule has 1 aliphatic rings. The fourth-order valence-corrected chi connectivity index (χ4v) is 3.94. The highest BCUT2D eigenvalue weighted by Crippen LogP contribution is 2.36. The minimum atomic E-state index is -3.44. The number of rotatable bonds is 2. The van der Waals surface area contributed by atoms with Crippen LogP contribution in [0.15, 0.2) is 36.0 Å². The summed E-state index contributed by atoms with van der Waals surface area (Å²) in [6.45, 7) is 1.93. The monoisotopic (exact) mass is 252 g/mol. The summed E-state index contributed by atoms with van der Waals surface area (Å²) in [5, 5.41) is 0. The van der Waals surface area contributed by atoms with Gasteiger partial charge in [0.1, 0.15) is 4.91 Å². The summed E-state index contributed by atoms with van der Waals surface area (Å²) in [4.78, 5) is 0.257. The van der Waals surface area contributed by atoms with Gasteiger partial charge in [-0.15, -0.1) is 0 Å². The van der Waals surface area contributed by atoms with Crippen molar-refractivity contribution in [1.82, 2.24) is 4.31 Å². The van der Waals surface area contributed by atoms with E-state index in [1.807, 2.05) is 25.1 Å². The van der Waals surface area contributed by atoms with E-state index >= 15 is 0 Å². The average molecular weight is 252 g/mol. The number of hydrogen-bond acceptors (Lipinski definition) is 3. The van der Waals surface area contributed by atoms with Gasteiger partial charge >= 0.3 is 0 Å². The smallest absolute Gasteiger partial charge is 0.245 e. The summed E-state index contributed by atoms with van der Waals surface area (Å²) in [6, 6.07) is 8.78. The number of nitrogens with zero attached hydrogens (tertiary/aromatic N) is 1. The van der Waals surface area contributed by atoms with E-state index in [1.165, 1.54) is 4.31 Å². The van der Waals surface area contributed by atoms with Crippen molar-refractivity contribution < 1.29 is 8.42 Å². The van der Waals surface area contributed by atoms with Crippen LogP contribution >= 0.6 is 0 Å². The molecule has 2 rings (SSSR count). The molecule has 1 atom stereocenters. The molecule has 4 nitrogen and oxygen atoms in total. The molecule has 0 spiro atoms. The molecule has 1 aliphatic heterocycles. The first-order chi connectivity index (χ1) is 8.00. The Kier molecular flexibility index (Phi) is 2.97. The largest absolute Gasteiger partial charge is 0.400 e. The molecule has 0 radical (unpaired) electrons. The van der Waals surface area contributed by atoms with Crippen molar-refractivity contribution in [2.75, 3.05) is 7.05 Å². The summed E-state index contributed by atoms with van der Waals surface area (Å²) in [5.74, 6) is 0. The molecule has 1 aromatic rings. The van der Waals surface area contributed by atoms with Crippen LogP contribution < -0.4 is 5.73 Å². The first kappa shape index (κ1) is 12.1. The van der Waals surface area contributed by atoms with Crippen molar-refractivity contribution in [2.45, 2.75) is 19.4 Å². The fraction of sp³-hybridized carbons (Fsp3) is 0.333. The molecule has 17 heavy (non-hydrogen) atoms. The first-order valence-electron chi connectivity index (χ1n) is 5.53. The minimum absolute atomic E-state index is 0.227. The van der Waals surface area contributed by atoms with Gasteiger partial charge in [-0.2, -0.15) is 4.31 Å². The molecule has 2 N–H and O–H groups in total. The molecule has 0 bridgehead atoms. The lowest BCUT2D eigenvalue weighted by atomic mass is 10.1. The summed E-state index contributed by atoms with van der Waals surface area (Å²) in [5.41, 5.74) is 7.10. The maximum absolute atomic E-state index is 12.3. The Hall–Kier alpha value is -1.33. The molecule has 0 saturated heterocycles. The molecular weight excluding hydrogens is 236 g/mol. The van der Waals surface area contributed by atoms with E-state index in [-0.39, 0.29) is 10.9 Å². The fourth-order valence-electron chi connectivity index (χ4n) is 2.19. The van der Waals surface area contributed by atoms with Gasteiger partial charge in [-0.1, -0.05) is 37.3 Å². The van der Waals surface area contributed by atoms with E-state index in [0.717, 1.165) is 0 Å². The lowest BCUT2D eigenvalue weighted by molar-refractivity contribution is 0.412. The molecule has 0 aromatic heterocycles. The third-order valence-electron chi connectivity index (χ3n) is 3.12.